The Hall–Kier alpha value is -1.82. The first kappa shape index (κ1) is 14.6. The van der Waals surface area contributed by atoms with E-state index in [1.165, 1.54) is 6.08 Å². The van der Waals surface area contributed by atoms with Crippen LogP contribution in [0.4, 0.5) is 0 Å². The molecule has 1 aromatic heterocycles. The number of carbonyl (C=O) groups is 1. The number of hydrogen-bond donors (Lipinski definition) is 0. The molecule has 0 bridgehead atoms. The van der Waals surface area contributed by atoms with Crippen LogP contribution in [0.15, 0.2) is 36.2 Å². The van der Waals surface area contributed by atoms with Gasteiger partial charge in [-0.15, -0.1) is 0 Å². The Kier molecular flexibility index (Phi) is 4.79. The Balaban J connectivity index is 2.28. The van der Waals surface area contributed by atoms with E-state index in [0.29, 0.717) is 23.4 Å². The second kappa shape index (κ2) is 6.56. The normalized spacial score (nSPS) is 11.7. The molecule has 0 amide bonds. The summed E-state index contributed by atoms with van der Waals surface area (Å²) in [6.07, 6.45) is 3.08. The van der Waals surface area contributed by atoms with Crippen molar-refractivity contribution in [2.45, 2.75) is 6.92 Å². The van der Waals surface area contributed by atoms with Crippen molar-refractivity contribution < 1.29 is 14.3 Å². The molecule has 20 heavy (non-hydrogen) atoms. The lowest BCUT2D eigenvalue weighted by Crippen LogP contribution is -2.05. The highest BCUT2D eigenvalue weighted by molar-refractivity contribution is 9.09. The second-order valence-electron chi connectivity index (χ2n) is 4.06. The summed E-state index contributed by atoms with van der Waals surface area (Å²) in [4.78, 5) is 11.5. The zero-order valence-electron chi connectivity index (χ0n) is 11.3. The number of allylic oxidation sites excluding steroid dienone is 1. The third-order valence-corrected chi connectivity index (χ3v) is 3.24. The molecular weight excluding hydrogens is 324 g/mol. The molecule has 0 saturated heterocycles. The third-order valence-electron chi connectivity index (χ3n) is 2.69. The van der Waals surface area contributed by atoms with Gasteiger partial charge >= 0.3 is 5.97 Å². The summed E-state index contributed by atoms with van der Waals surface area (Å²) in [5.41, 5.74) is 0.965. The zero-order chi connectivity index (χ0) is 14.5. The van der Waals surface area contributed by atoms with Crippen LogP contribution in [-0.2, 0) is 16.6 Å². The van der Waals surface area contributed by atoms with Crippen molar-refractivity contribution in [1.29, 1.82) is 0 Å². The molecule has 6 heteroatoms. The first-order valence-corrected chi connectivity index (χ1v) is 7.29. The highest BCUT2D eigenvalue weighted by Gasteiger charge is 2.09. The number of halogens is 1. The molecular formula is C14H15BrN2O3. The molecule has 0 aliphatic carbocycles. The van der Waals surface area contributed by atoms with Crippen LogP contribution in [0, 0.1) is 0 Å². The van der Waals surface area contributed by atoms with Crippen LogP contribution < -0.4 is 4.74 Å². The van der Waals surface area contributed by atoms with E-state index >= 15 is 0 Å². The van der Waals surface area contributed by atoms with Crippen LogP contribution in [-0.4, -0.2) is 27.7 Å². The number of aromatic nitrogens is 2. The van der Waals surface area contributed by atoms with E-state index in [1.54, 1.807) is 17.8 Å². The van der Waals surface area contributed by atoms with Crippen LogP contribution in [0.2, 0.25) is 0 Å². The third kappa shape index (κ3) is 3.19. The molecule has 0 atom stereocenters. The van der Waals surface area contributed by atoms with Gasteiger partial charge < -0.3 is 9.47 Å². The van der Waals surface area contributed by atoms with Gasteiger partial charge in [0.2, 0.25) is 0 Å². The Morgan fingerprint density at radius 1 is 1.50 bits per heavy atom. The SMILES string of the molecule is CCOC(=O)/C=C(\CBr)Oc1cccc2c1cnn2C. The highest BCUT2D eigenvalue weighted by atomic mass is 79.9. The van der Waals surface area contributed by atoms with Gasteiger partial charge in [-0.1, -0.05) is 22.0 Å². The predicted molar refractivity (Wildman–Crippen MR) is 79.9 cm³/mol. The lowest BCUT2D eigenvalue weighted by atomic mass is 10.2. The van der Waals surface area contributed by atoms with Crippen LogP contribution in [0.3, 0.4) is 0 Å². The smallest absolute Gasteiger partial charge is 0.334 e. The minimum atomic E-state index is -0.416. The summed E-state index contributed by atoms with van der Waals surface area (Å²) in [6, 6.07) is 5.68. The van der Waals surface area contributed by atoms with Gasteiger partial charge in [-0.05, 0) is 19.1 Å². The molecule has 0 unspecified atom stereocenters. The molecule has 2 aromatic rings. The fourth-order valence-electron chi connectivity index (χ4n) is 1.79. The second-order valence-corrected chi connectivity index (χ2v) is 4.62. The number of esters is 1. The molecule has 0 aliphatic rings. The number of fused-ring (bicyclic) bond motifs is 1. The monoisotopic (exact) mass is 338 g/mol. The average molecular weight is 339 g/mol. The van der Waals surface area contributed by atoms with Gasteiger partial charge in [0.05, 0.1) is 35.1 Å². The van der Waals surface area contributed by atoms with E-state index in [4.69, 9.17) is 9.47 Å². The van der Waals surface area contributed by atoms with Gasteiger partial charge in [0.25, 0.3) is 0 Å². The Bertz CT molecular complexity index is 649. The largest absolute Gasteiger partial charge is 0.463 e. The van der Waals surface area contributed by atoms with Crippen molar-refractivity contribution in [3.8, 4) is 5.75 Å². The molecule has 0 spiro atoms. The summed E-state index contributed by atoms with van der Waals surface area (Å²) in [6.45, 7) is 2.10. The van der Waals surface area contributed by atoms with Gasteiger partial charge in [0, 0.05) is 7.05 Å². The van der Waals surface area contributed by atoms with E-state index in [2.05, 4.69) is 21.0 Å². The minimum absolute atomic E-state index is 0.336. The van der Waals surface area contributed by atoms with Crippen LogP contribution in [0.5, 0.6) is 5.75 Å². The van der Waals surface area contributed by atoms with Gasteiger partial charge in [-0.25, -0.2) is 4.79 Å². The molecule has 5 nitrogen and oxygen atoms in total. The van der Waals surface area contributed by atoms with Crippen molar-refractivity contribution in [3.05, 3.63) is 36.2 Å². The molecule has 1 aromatic carbocycles. The van der Waals surface area contributed by atoms with E-state index < -0.39 is 5.97 Å². The average Bonchev–Trinajstić information content (AvgIpc) is 2.81. The minimum Gasteiger partial charge on any atom is -0.463 e. The van der Waals surface area contributed by atoms with E-state index in [-0.39, 0.29) is 0 Å². The molecule has 0 N–H and O–H groups in total. The number of benzene rings is 1. The van der Waals surface area contributed by atoms with Crippen LogP contribution in [0.1, 0.15) is 6.92 Å². The molecule has 2 rings (SSSR count). The summed E-state index contributed by atoms with van der Waals surface area (Å²) < 4.78 is 12.4. The fourth-order valence-corrected chi connectivity index (χ4v) is 2.07. The quantitative estimate of drug-likeness (QED) is 0.364. The highest BCUT2D eigenvalue weighted by Crippen LogP contribution is 2.26. The zero-order valence-corrected chi connectivity index (χ0v) is 12.9. The lowest BCUT2D eigenvalue weighted by Gasteiger charge is -2.08. The topological polar surface area (TPSA) is 53.4 Å². The number of alkyl halides is 1. The van der Waals surface area contributed by atoms with E-state index in [1.807, 2.05) is 25.2 Å². The molecule has 0 fully saturated rings. The number of nitrogens with zero attached hydrogens (tertiary/aromatic N) is 2. The number of carbonyl (C=O) groups excluding carboxylic acids is 1. The first-order valence-electron chi connectivity index (χ1n) is 6.17. The number of aryl methyl sites for hydroxylation is 1. The Morgan fingerprint density at radius 2 is 2.30 bits per heavy atom. The maximum Gasteiger partial charge on any atom is 0.334 e. The van der Waals surface area contributed by atoms with Crippen molar-refractivity contribution in [2.75, 3.05) is 11.9 Å². The van der Waals surface area contributed by atoms with E-state index in [0.717, 1.165) is 10.9 Å². The van der Waals surface area contributed by atoms with Crippen molar-refractivity contribution in [3.63, 3.8) is 0 Å². The number of hydrogen-bond acceptors (Lipinski definition) is 4. The Labute approximate surface area is 125 Å². The molecule has 0 saturated carbocycles. The number of rotatable bonds is 5. The summed E-state index contributed by atoms with van der Waals surface area (Å²) >= 11 is 3.30. The first-order chi connectivity index (χ1) is 9.65. The van der Waals surface area contributed by atoms with E-state index in [9.17, 15) is 4.79 Å². The fraction of sp³-hybridized carbons (Fsp3) is 0.286. The molecule has 106 valence electrons. The van der Waals surface area contributed by atoms with Gasteiger partial charge in [0.15, 0.2) is 0 Å². The molecule has 0 radical (unpaired) electrons. The standard InChI is InChI=1S/C14H15BrN2O3/c1-3-19-14(18)7-10(8-15)20-13-6-4-5-12-11(13)9-16-17(12)2/h4-7,9H,3,8H2,1-2H3/b10-7+. The predicted octanol–water partition coefficient (Wildman–Crippen LogP) is 2.79. The molecule has 0 aliphatic heterocycles. The van der Waals surface area contributed by atoms with Gasteiger partial charge in [-0.2, -0.15) is 5.10 Å². The van der Waals surface area contributed by atoms with Gasteiger partial charge in [0.1, 0.15) is 11.5 Å². The van der Waals surface area contributed by atoms with Crippen molar-refractivity contribution in [2.24, 2.45) is 7.05 Å². The Morgan fingerprint density at radius 3 is 3.00 bits per heavy atom. The van der Waals surface area contributed by atoms with Crippen molar-refractivity contribution >= 4 is 32.8 Å². The maximum atomic E-state index is 11.5. The summed E-state index contributed by atoms with van der Waals surface area (Å²) in [5, 5.41) is 5.51. The maximum absolute atomic E-state index is 11.5. The van der Waals surface area contributed by atoms with Crippen LogP contribution in [0.25, 0.3) is 10.9 Å². The summed E-state index contributed by atoms with van der Waals surface area (Å²) in [7, 11) is 1.87. The molecule has 1 heterocycles. The lowest BCUT2D eigenvalue weighted by molar-refractivity contribution is -0.137. The van der Waals surface area contributed by atoms with Crippen molar-refractivity contribution in [1.82, 2.24) is 9.78 Å². The summed E-state index contributed by atoms with van der Waals surface area (Å²) in [5.74, 6) is 0.728. The van der Waals surface area contributed by atoms with Crippen LogP contribution >= 0.6 is 15.9 Å². The van der Waals surface area contributed by atoms with Gasteiger partial charge in [-0.3, -0.25) is 4.68 Å². The number of ether oxygens (including phenoxy) is 2.